The number of carbonyl (C=O) groups is 2. The monoisotopic (exact) mass is 362 g/mol. The van der Waals surface area contributed by atoms with Crippen molar-refractivity contribution in [2.45, 2.75) is 32.2 Å². The van der Waals surface area contributed by atoms with Crippen LogP contribution in [0.1, 0.15) is 42.8 Å². The Hall–Kier alpha value is -2.27. The van der Waals surface area contributed by atoms with Crippen molar-refractivity contribution < 1.29 is 14.0 Å². The molecule has 2 rings (SSSR count). The van der Waals surface area contributed by atoms with Crippen molar-refractivity contribution in [3.05, 3.63) is 59.0 Å². The molecule has 0 aliphatic carbocycles. The van der Waals surface area contributed by atoms with E-state index in [0.717, 1.165) is 18.4 Å². The van der Waals surface area contributed by atoms with Gasteiger partial charge in [0.1, 0.15) is 0 Å². The number of likely N-dealkylation sites (N-methyl/N-ethyl adjacent to an activating group) is 1. The zero-order valence-corrected chi connectivity index (χ0v) is 15.5. The molecule has 0 atom stereocenters. The van der Waals surface area contributed by atoms with Gasteiger partial charge >= 0.3 is 0 Å². The highest BCUT2D eigenvalue weighted by molar-refractivity contribution is 6.30. The van der Waals surface area contributed by atoms with Crippen molar-refractivity contribution in [1.82, 2.24) is 10.2 Å². The summed E-state index contributed by atoms with van der Waals surface area (Å²) in [5, 5.41) is 3.74. The highest BCUT2D eigenvalue weighted by Crippen LogP contribution is 2.29. The van der Waals surface area contributed by atoms with Crippen LogP contribution in [0.5, 0.6) is 0 Å². The van der Waals surface area contributed by atoms with E-state index in [4.69, 9.17) is 16.0 Å². The van der Waals surface area contributed by atoms with E-state index < -0.39 is 5.54 Å². The molecule has 25 heavy (non-hydrogen) atoms. The summed E-state index contributed by atoms with van der Waals surface area (Å²) >= 11 is 5.97. The van der Waals surface area contributed by atoms with Gasteiger partial charge in [0.05, 0.1) is 18.3 Å². The number of benzene rings is 1. The van der Waals surface area contributed by atoms with Crippen LogP contribution in [0.4, 0.5) is 0 Å². The zero-order valence-electron chi connectivity index (χ0n) is 14.7. The van der Waals surface area contributed by atoms with Gasteiger partial charge in [0.25, 0.3) is 5.91 Å². The SMILES string of the molecule is CCC(CC)(NC(=O)CN(C)C(=O)c1ccco1)c1ccc(Cl)cc1. The molecule has 5 nitrogen and oxygen atoms in total. The number of hydrogen-bond acceptors (Lipinski definition) is 3. The van der Waals surface area contributed by atoms with Crippen LogP contribution >= 0.6 is 11.6 Å². The Morgan fingerprint density at radius 2 is 1.80 bits per heavy atom. The summed E-state index contributed by atoms with van der Waals surface area (Å²) in [6, 6.07) is 10.7. The zero-order chi connectivity index (χ0) is 18.4. The number of furan rings is 1. The van der Waals surface area contributed by atoms with Gasteiger partial charge in [-0.3, -0.25) is 9.59 Å². The average molecular weight is 363 g/mol. The molecule has 0 fully saturated rings. The van der Waals surface area contributed by atoms with Crippen molar-refractivity contribution in [3.63, 3.8) is 0 Å². The summed E-state index contributed by atoms with van der Waals surface area (Å²) in [5.74, 6) is -0.337. The minimum Gasteiger partial charge on any atom is -0.459 e. The summed E-state index contributed by atoms with van der Waals surface area (Å²) in [7, 11) is 1.58. The molecule has 0 saturated heterocycles. The first-order valence-corrected chi connectivity index (χ1v) is 8.65. The van der Waals surface area contributed by atoms with Crippen molar-refractivity contribution in [1.29, 1.82) is 0 Å². The van der Waals surface area contributed by atoms with Gasteiger partial charge < -0.3 is 14.6 Å². The number of carbonyl (C=O) groups excluding carboxylic acids is 2. The molecule has 0 aliphatic heterocycles. The third-order valence-electron chi connectivity index (χ3n) is 4.44. The van der Waals surface area contributed by atoms with Gasteiger partial charge in [0, 0.05) is 12.1 Å². The van der Waals surface area contributed by atoms with Crippen molar-refractivity contribution in [2.24, 2.45) is 0 Å². The van der Waals surface area contributed by atoms with Crippen molar-refractivity contribution in [3.8, 4) is 0 Å². The second kappa shape index (κ2) is 8.21. The van der Waals surface area contributed by atoms with Crippen LogP contribution in [-0.2, 0) is 10.3 Å². The van der Waals surface area contributed by atoms with Gasteiger partial charge in [-0.25, -0.2) is 0 Å². The molecule has 0 aliphatic rings. The summed E-state index contributed by atoms with van der Waals surface area (Å²) in [6.07, 6.45) is 2.89. The molecule has 6 heteroatoms. The predicted octanol–water partition coefficient (Wildman–Crippen LogP) is 3.84. The van der Waals surface area contributed by atoms with Gasteiger partial charge in [-0.15, -0.1) is 0 Å². The van der Waals surface area contributed by atoms with E-state index in [1.165, 1.54) is 11.2 Å². The molecule has 0 radical (unpaired) electrons. The van der Waals surface area contributed by atoms with E-state index >= 15 is 0 Å². The second-order valence-electron chi connectivity index (χ2n) is 5.98. The van der Waals surface area contributed by atoms with E-state index in [9.17, 15) is 9.59 Å². The van der Waals surface area contributed by atoms with Crippen molar-refractivity contribution >= 4 is 23.4 Å². The first-order chi connectivity index (χ1) is 11.9. The minimum atomic E-state index is -0.490. The molecule has 1 N–H and O–H groups in total. The fraction of sp³-hybridized carbons (Fsp3) is 0.368. The van der Waals surface area contributed by atoms with Crippen LogP contribution < -0.4 is 5.32 Å². The third kappa shape index (κ3) is 4.42. The van der Waals surface area contributed by atoms with Gasteiger partial charge in [0.2, 0.25) is 5.91 Å². The first-order valence-electron chi connectivity index (χ1n) is 8.28. The number of halogens is 1. The van der Waals surface area contributed by atoms with Crippen LogP contribution in [0.2, 0.25) is 5.02 Å². The maximum absolute atomic E-state index is 12.5. The summed E-state index contributed by atoms with van der Waals surface area (Å²) in [4.78, 5) is 26.1. The van der Waals surface area contributed by atoms with Crippen LogP contribution in [0, 0.1) is 0 Å². The van der Waals surface area contributed by atoms with Crippen LogP contribution in [-0.4, -0.2) is 30.3 Å². The average Bonchev–Trinajstić information content (AvgIpc) is 3.14. The lowest BCUT2D eigenvalue weighted by Gasteiger charge is -2.34. The van der Waals surface area contributed by atoms with Gasteiger partial charge in [-0.2, -0.15) is 0 Å². The quantitative estimate of drug-likeness (QED) is 0.814. The molecule has 1 heterocycles. The fourth-order valence-corrected chi connectivity index (χ4v) is 2.98. The summed E-state index contributed by atoms with van der Waals surface area (Å²) in [6.45, 7) is 4.00. The molecule has 1 aromatic heterocycles. The van der Waals surface area contributed by atoms with E-state index in [0.29, 0.717) is 5.02 Å². The lowest BCUT2D eigenvalue weighted by atomic mass is 9.84. The Morgan fingerprint density at radius 3 is 2.32 bits per heavy atom. The Kier molecular flexibility index (Phi) is 6.26. The molecule has 134 valence electrons. The molecule has 2 amide bonds. The lowest BCUT2D eigenvalue weighted by Crippen LogP contribution is -2.49. The Bertz CT molecular complexity index is 707. The summed E-state index contributed by atoms with van der Waals surface area (Å²) < 4.78 is 5.09. The van der Waals surface area contributed by atoms with Crippen LogP contribution in [0.15, 0.2) is 47.1 Å². The number of rotatable bonds is 7. The largest absolute Gasteiger partial charge is 0.459 e. The van der Waals surface area contributed by atoms with Gasteiger partial charge in [-0.05, 0) is 42.7 Å². The number of nitrogens with zero attached hydrogens (tertiary/aromatic N) is 1. The molecule has 0 saturated carbocycles. The highest BCUT2D eigenvalue weighted by atomic mass is 35.5. The Morgan fingerprint density at radius 1 is 1.16 bits per heavy atom. The standard InChI is InChI=1S/C19H23ClN2O3/c1-4-19(5-2,14-8-10-15(20)11-9-14)21-17(23)13-22(3)18(24)16-7-6-12-25-16/h6-12H,4-5,13H2,1-3H3,(H,21,23). The predicted molar refractivity (Wildman–Crippen MR) is 97.5 cm³/mol. The van der Waals surface area contributed by atoms with E-state index in [2.05, 4.69) is 5.32 Å². The van der Waals surface area contributed by atoms with Gasteiger partial charge in [-0.1, -0.05) is 37.6 Å². The molecule has 2 aromatic rings. The molecule has 0 unspecified atom stereocenters. The van der Waals surface area contributed by atoms with Crippen LogP contribution in [0.3, 0.4) is 0 Å². The smallest absolute Gasteiger partial charge is 0.289 e. The second-order valence-corrected chi connectivity index (χ2v) is 6.42. The lowest BCUT2D eigenvalue weighted by molar-refractivity contribution is -0.123. The topological polar surface area (TPSA) is 62.6 Å². The molecule has 0 spiro atoms. The minimum absolute atomic E-state index is 0.0468. The molecular weight excluding hydrogens is 340 g/mol. The molecular formula is C19H23ClN2O3. The van der Waals surface area contributed by atoms with E-state index in [1.807, 2.05) is 38.1 Å². The number of nitrogens with one attached hydrogen (secondary N) is 1. The normalized spacial score (nSPS) is 11.2. The number of amides is 2. The van der Waals surface area contributed by atoms with Gasteiger partial charge in [0.15, 0.2) is 5.76 Å². The van der Waals surface area contributed by atoms with E-state index in [-0.39, 0.29) is 24.1 Å². The Labute approximate surface area is 153 Å². The van der Waals surface area contributed by atoms with Crippen LogP contribution in [0.25, 0.3) is 0 Å². The third-order valence-corrected chi connectivity index (χ3v) is 4.69. The maximum Gasteiger partial charge on any atom is 0.289 e. The Balaban J connectivity index is 2.09. The fourth-order valence-electron chi connectivity index (χ4n) is 2.86. The summed E-state index contributed by atoms with van der Waals surface area (Å²) in [5.41, 5.74) is 0.506. The number of hydrogen-bond donors (Lipinski definition) is 1. The molecule has 1 aromatic carbocycles. The van der Waals surface area contributed by atoms with E-state index in [1.54, 1.807) is 19.2 Å². The first kappa shape index (κ1) is 19.1. The van der Waals surface area contributed by atoms with Crippen molar-refractivity contribution in [2.75, 3.05) is 13.6 Å². The molecule has 0 bridgehead atoms. The maximum atomic E-state index is 12.5. The highest BCUT2D eigenvalue weighted by Gasteiger charge is 2.31.